The Morgan fingerprint density at radius 2 is 2.25 bits per heavy atom. The normalized spacial score (nSPS) is 9.88. The van der Waals surface area contributed by atoms with E-state index in [1.165, 1.54) is 0 Å². The molecule has 0 spiro atoms. The summed E-state index contributed by atoms with van der Waals surface area (Å²) in [6.07, 6.45) is 3.47. The summed E-state index contributed by atoms with van der Waals surface area (Å²) in [7, 11) is 1.65. The maximum absolute atomic E-state index is 5.65. The van der Waals surface area contributed by atoms with E-state index >= 15 is 0 Å². The number of hydrogen-bond acceptors (Lipinski definition) is 3. The average molecular weight is 221 g/mol. The van der Waals surface area contributed by atoms with Crippen LogP contribution >= 0.6 is 0 Å². The molecule has 0 aliphatic carbocycles. The first-order valence-electron chi connectivity index (χ1n) is 5.42. The minimum Gasteiger partial charge on any atom is -0.497 e. The summed E-state index contributed by atoms with van der Waals surface area (Å²) in [5.41, 5.74) is 6.65. The molecule has 0 aliphatic heterocycles. The first-order valence-corrected chi connectivity index (χ1v) is 5.42. The Morgan fingerprint density at radius 3 is 2.88 bits per heavy atom. The number of hydrogen-bond donors (Lipinski definition) is 1. The van der Waals surface area contributed by atoms with Crippen molar-refractivity contribution in [1.29, 1.82) is 0 Å². The van der Waals surface area contributed by atoms with Crippen LogP contribution in [-0.2, 0) is 6.42 Å². The Balaban J connectivity index is 2.76. The third-order valence-corrected chi connectivity index (χ3v) is 2.26. The summed E-state index contributed by atoms with van der Waals surface area (Å²) in [5.74, 6) is 1.72. The van der Waals surface area contributed by atoms with Crippen LogP contribution in [0.1, 0.15) is 12.0 Å². The van der Waals surface area contributed by atoms with Crippen LogP contribution in [0.4, 0.5) is 0 Å². The fraction of sp³-hybridized carbons (Fsp3) is 0.385. The third kappa shape index (κ3) is 3.59. The molecule has 0 aliphatic rings. The molecule has 0 unspecified atom stereocenters. The molecule has 1 aromatic rings. The number of benzene rings is 1. The van der Waals surface area contributed by atoms with Crippen molar-refractivity contribution in [2.45, 2.75) is 12.8 Å². The topological polar surface area (TPSA) is 44.5 Å². The van der Waals surface area contributed by atoms with E-state index in [1.54, 1.807) is 7.11 Å². The highest BCUT2D eigenvalue weighted by Crippen LogP contribution is 2.24. The zero-order chi connectivity index (χ0) is 11.8. The van der Waals surface area contributed by atoms with E-state index in [0.717, 1.165) is 29.9 Å². The van der Waals surface area contributed by atoms with Crippen molar-refractivity contribution in [3.05, 3.63) is 36.4 Å². The molecule has 88 valence electrons. The molecular weight excluding hydrogens is 202 g/mol. The van der Waals surface area contributed by atoms with Gasteiger partial charge in [0.05, 0.1) is 13.7 Å². The van der Waals surface area contributed by atoms with Gasteiger partial charge < -0.3 is 15.2 Å². The quantitative estimate of drug-likeness (QED) is 0.567. The van der Waals surface area contributed by atoms with Gasteiger partial charge in [-0.15, -0.1) is 6.58 Å². The van der Waals surface area contributed by atoms with Crippen molar-refractivity contribution in [3.63, 3.8) is 0 Å². The Morgan fingerprint density at radius 1 is 1.44 bits per heavy atom. The molecule has 1 aromatic carbocycles. The van der Waals surface area contributed by atoms with Gasteiger partial charge >= 0.3 is 0 Å². The van der Waals surface area contributed by atoms with E-state index in [4.69, 9.17) is 15.2 Å². The number of methoxy groups -OCH3 is 1. The van der Waals surface area contributed by atoms with Gasteiger partial charge in [0.2, 0.25) is 0 Å². The van der Waals surface area contributed by atoms with Gasteiger partial charge in [-0.2, -0.15) is 0 Å². The van der Waals surface area contributed by atoms with Crippen molar-refractivity contribution in [3.8, 4) is 11.5 Å². The number of nitrogens with two attached hydrogens (primary N) is 1. The van der Waals surface area contributed by atoms with Crippen LogP contribution in [0.5, 0.6) is 11.5 Å². The fourth-order valence-corrected chi connectivity index (χ4v) is 1.43. The van der Waals surface area contributed by atoms with Gasteiger partial charge in [-0.3, -0.25) is 0 Å². The van der Waals surface area contributed by atoms with Gasteiger partial charge in [-0.1, -0.05) is 6.08 Å². The van der Waals surface area contributed by atoms with Crippen LogP contribution in [-0.4, -0.2) is 20.3 Å². The van der Waals surface area contributed by atoms with Gasteiger partial charge in [0.15, 0.2) is 0 Å². The SMILES string of the molecule is C=CCCOc1ccc(OC)cc1CCN. The van der Waals surface area contributed by atoms with Crippen molar-refractivity contribution < 1.29 is 9.47 Å². The second-order valence-corrected chi connectivity index (χ2v) is 3.44. The monoisotopic (exact) mass is 221 g/mol. The molecule has 0 bridgehead atoms. The second kappa shape index (κ2) is 6.90. The maximum Gasteiger partial charge on any atom is 0.122 e. The van der Waals surface area contributed by atoms with E-state index in [2.05, 4.69) is 6.58 Å². The van der Waals surface area contributed by atoms with E-state index in [1.807, 2.05) is 24.3 Å². The van der Waals surface area contributed by atoms with Gasteiger partial charge in [0, 0.05) is 0 Å². The lowest BCUT2D eigenvalue weighted by atomic mass is 10.1. The van der Waals surface area contributed by atoms with Gasteiger partial charge in [-0.25, -0.2) is 0 Å². The first-order chi connectivity index (χ1) is 7.81. The molecular formula is C13H19NO2. The molecule has 0 atom stereocenters. The van der Waals surface area contributed by atoms with Gasteiger partial charge in [0.25, 0.3) is 0 Å². The molecule has 3 heteroatoms. The lowest BCUT2D eigenvalue weighted by Crippen LogP contribution is -2.06. The van der Waals surface area contributed by atoms with E-state index in [0.29, 0.717) is 13.2 Å². The molecule has 3 nitrogen and oxygen atoms in total. The molecule has 2 N–H and O–H groups in total. The van der Waals surface area contributed by atoms with Crippen LogP contribution in [0, 0.1) is 0 Å². The smallest absolute Gasteiger partial charge is 0.122 e. The summed E-state index contributed by atoms with van der Waals surface area (Å²) in [4.78, 5) is 0. The summed E-state index contributed by atoms with van der Waals surface area (Å²) < 4.78 is 10.8. The van der Waals surface area contributed by atoms with Crippen LogP contribution in [0.2, 0.25) is 0 Å². The molecule has 0 amide bonds. The Labute approximate surface area is 96.9 Å². The van der Waals surface area contributed by atoms with Gasteiger partial charge in [-0.05, 0) is 43.1 Å². The molecule has 0 fully saturated rings. The van der Waals surface area contributed by atoms with Crippen LogP contribution in [0.15, 0.2) is 30.9 Å². The largest absolute Gasteiger partial charge is 0.497 e. The molecule has 0 heterocycles. The Kier molecular flexibility index (Phi) is 5.43. The van der Waals surface area contributed by atoms with Crippen molar-refractivity contribution in [2.24, 2.45) is 5.73 Å². The van der Waals surface area contributed by atoms with E-state index in [9.17, 15) is 0 Å². The standard InChI is InChI=1S/C13H19NO2/c1-3-4-9-16-13-6-5-12(15-2)10-11(13)7-8-14/h3,5-6,10H,1,4,7-9,14H2,2H3. The zero-order valence-corrected chi connectivity index (χ0v) is 9.74. The minimum atomic E-state index is 0.602. The molecule has 0 aromatic heterocycles. The summed E-state index contributed by atoms with van der Waals surface area (Å²) in [6, 6.07) is 5.78. The highest BCUT2D eigenvalue weighted by molar-refractivity contribution is 5.40. The maximum atomic E-state index is 5.65. The molecule has 0 saturated carbocycles. The number of ether oxygens (including phenoxy) is 2. The summed E-state index contributed by atoms with van der Waals surface area (Å²) in [6.45, 7) is 4.91. The van der Waals surface area contributed by atoms with Crippen LogP contribution < -0.4 is 15.2 Å². The first kappa shape index (κ1) is 12.6. The lowest BCUT2D eigenvalue weighted by Gasteiger charge is -2.11. The van der Waals surface area contributed by atoms with Crippen LogP contribution in [0.3, 0.4) is 0 Å². The fourth-order valence-electron chi connectivity index (χ4n) is 1.43. The number of rotatable bonds is 7. The van der Waals surface area contributed by atoms with Crippen LogP contribution in [0.25, 0.3) is 0 Å². The minimum absolute atomic E-state index is 0.602. The zero-order valence-electron chi connectivity index (χ0n) is 9.74. The summed E-state index contributed by atoms with van der Waals surface area (Å²) >= 11 is 0. The highest BCUT2D eigenvalue weighted by atomic mass is 16.5. The van der Waals surface area contributed by atoms with E-state index in [-0.39, 0.29) is 0 Å². The Hall–Kier alpha value is -1.48. The highest BCUT2D eigenvalue weighted by Gasteiger charge is 2.04. The Bertz CT molecular complexity index is 337. The predicted molar refractivity (Wildman–Crippen MR) is 66.1 cm³/mol. The molecule has 16 heavy (non-hydrogen) atoms. The average Bonchev–Trinajstić information content (AvgIpc) is 2.31. The van der Waals surface area contributed by atoms with Crippen molar-refractivity contribution in [2.75, 3.05) is 20.3 Å². The van der Waals surface area contributed by atoms with Gasteiger partial charge in [0.1, 0.15) is 11.5 Å². The predicted octanol–water partition coefficient (Wildman–Crippen LogP) is 2.15. The summed E-state index contributed by atoms with van der Waals surface area (Å²) in [5, 5.41) is 0. The van der Waals surface area contributed by atoms with Crippen molar-refractivity contribution >= 4 is 0 Å². The van der Waals surface area contributed by atoms with E-state index < -0.39 is 0 Å². The molecule has 0 radical (unpaired) electrons. The second-order valence-electron chi connectivity index (χ2n) is 3.44. The lowest BCUT2D eigenvalue weighted by molar-refractivity contribution is 0.320. The third-order valence-electron chi connectivity index (χ3n) is 2.26. The van der Waals surface area contributed by atoms with Crippen molar-refractivity contribution in [1.82, 2.24) is 0 Å². The molecule has 1 rings (SSSR count). The molecule has 0 saturated heterocycles.